The Bertz CT molecular complexity index is 560. The van der Waals surface area contributed by atoms with Crippen LogP contribution in [0.1, 0.15) is 44.2 Å². The summed E-state index contributed by atoms with van der Waals surface area (Å²) in [6.45, 7) is 9.01. The molecular weight excluding hydrogens is 314 g/mol. The molecule has 0 saturated heterocycles. The minimum Gasteiger partial charge on any atom is -0.491 e. The van der Waals surface area contributed by atoms with Crippen LogP contribution >= 0.6 is 0 Å². The Labute approximate surface area is 152 Å². The molecule has 5 heteroatoms. The van der Waals surface area contributed by atoms with Gasteiger partial charge in [0.1, 0.15) is 12.4 Å². The average molecular weight is 348 g/mol. The van der Waals surface area contributed by atoms with E-state index in [9.17, 15) is 0 Å². The van der Waals surface area contributed by atoms with Crippen LogP contribution in [0.4, 0.5) is 0 Å². The van der Waals surface area contributed by atoms with E-state index in [1.807, 2.05) is 0 Å². The molecule has 0 bridgehead atoms. The molecular formula is C20H33N3O2. The Balaban J connectivity index is 1.98. The van der Waals surface area contributed by atoms with Crippen molar-refractivity contribution >= 4 is 5.96 Å². The van der Waals surface area contributed by atoms with E-state index >= 15 is 0 Å². The molecule has 2 atom stereocenters. The van der Waals surface area contributed by atoms with Crippen molar-refractivity contribution in [3.05, 3.63) is 29.3 Å². The van der Waals surface area contributed by atoms with Gasteiger partial charge >= 0.3 is 0 Å². The normalized spacial score (nSPS) is 19.6. The summed E-state index contributed by atoms with van der Waals surface area (Å²) in [6.07, 6.45) is 3.81. The van der Waals surface area contributed by atoms with Crippen molar-refractivity contribution in [2.45, 2.75) is 52.6 Å². The van der Waals surface area contributed by atoms with Crippen molar-refractivity contribution in [1.29, 1.82) is 0 Å². The molecule has 25 heavy (non-hydrogen) atoms. The highest BCUT2D eigenvalue weighted by atomic mass is 16.5. The standard InChI is InChI=1S/C20H33N3O2/c1-5-7-16-13-18(16)23-20(21-6-2)22-14-17-9-8-15(3)12-19(17)25-11-10-24-4/h8-9,12,16,18H,5-7,10-11,13-14H2,1-4H3,(H2,21,22,23). The van der Waals surface area contributed by atoms with Crippen molar-refractivity contribution in [2.75, 3.05) is 26.9 Å². The number of ether oxygens (including phenoxy) is 2. The maximum Gasteiger partial charge on any atom is 0.191 e. The maximum absolute atomic E-state index is 5.86. The van der Waals surface area contributed by atoms with Gasteiger partial charge in [0.25, 0.3) is 0 Å². The van der Waals surface area contributed by atoms with Gasteiger partial charge in [-0.1, -0.05) is 25.5 Å². The minimum absolute atomic E-state index is 0.551. The molecule has 2 rings (SSSR count). The van der Waals surface area contributed by atoms with Crippen molar-refractivity contribution < 1.29 is 9.47 Å². The maximum atomic E-state index is 5.86. The number of nitrogens with one attached hydrogen (secondary N) is 2. The minimum atomic E-state index is 0.551. The highest BCUT2D eigenvalue weighted by Gasteiger charge is 2.36. The van der Waals surface area contributed by atoms with Gasteiger partial charge in [0.05, 0.1) is 13.2 Å². The Morgan fingerprint density at radius 1 is 1.28 bits per heavy atom. The lowest BCUT2D eigenvalue weighted by atomic mass is 10.1. The number of nitrogens with zero attached hydrogens (tertiary/aromatic N) is 1. The average Bonchev–Trinajstić information content (AvgIpc) is 3.32. The molecule has 2 N–H and O–H groups in total. The fourth-order valence-electron chi connectivity index (χ4n) is 2.94. The molecule has 0 spiro atoms. The Morgan fingerprint density at radius 3 is 2.84 bits per heavy atom. The summed E-state index contributed by atoms with van der Waals surface area (Å²) in [7, 11) is 1.68. The van der Waals surface area contributed by atoms with Crippen molar-refractivity contribution in [2.24, 2.45) is 10.9 Å². The van der Waals surface area contributed by atoms with Gasteiger partial charge in [-0.25, -0.2) is 4.99 Å². The largest absolute Gasteiger partial charge is 0.491 e. The number of methoxy groups -OCH3 is 1. The van der Waals surface area contributed by atoms with Gasteiger partial charge in [-0.15, -0.1) is 0 Å². The Morgan fingerprint density at radius 2 is 2.12 bits per heavy atom. The van der Waals surface area contributed by atoms with Crippen LogP contribution in [0.5, 0.6) is 5.75 Å². The van der Waals surface area contributed by atoms with Gasteiger partial charge in [0, 0.05) is 25.3 Å². The van der Waals surface area contributed by atoms with Crippen LogP contribution in [-0.2, 0) is 11.3 Å². The number of rotatable bonds is 10. The van der Waals surface area contributed by atoms with Crippen molar-refractivity contribution in [3.8, 4) is 5.75 Å². The molecule has 1 aliphatic rings. The Kier molecular flexibility index (Phi) is 8.06. The molecule has 1 fully saturated rings. The summed E-state index contributed by atoms with van der Waals surface area (Å²) >= 11 is 0. The van der Waals surface area contributed by atoms with E-state index < -0.39 is 0 Å². The van der Waals surface area contributed by atoms with Gasteiger partial charge in [0.2, 0.25) is 0 Å². The lowest BCUT2D eigenvalue weighted by Gasteiger charge is -2.13. The lowest BCUT2D eigenvalue weighted by molar-refractivity contribution is 0.145. The fraction of sp³-hybridized carbons (Fsp3) is 0.650. The van der Waals surface area contributed by atoms with Gasteiger partial charge in [-0.2, -0.15) is 0 Å². The molecule has 5 nitrogen and oxygen atoms in total. The smallest absolute Gasteiger partial charge is 0.191 e. The van der Waals surface area contributed by atoms with Crippen LogP contribution < -0.4 is 15.4 Å². The molecule has 1 saturated carbocycles. The first-order chi connectivity index (χ1) is 12.2. The number of guanidine groups is 1. The van der Waals surface area contributed by atoms with Crippen LogP contribution in [0, 0.1) is 12.8 Å². The number of hydrogen-bond acceptors (Lipinski definition) is 3. The summed E-state index contributed by atoms with van der Waals surface area (Å²) in [5.41, 5.74) is 2.28. The molecule has 2 unspecified atom stereocenters. The molecule has 0 amide bonds. The van der Waals surface area contributed by atoms with Crippen LogP contribution in [0.25, 0.3) is 0 Å². The first-order valence-electron chi connectivity index (χ1n) is 9.44. The van der Waals surface area contributed by atoms with Crippen LogP contribution in [-0.4, -0.2) is 38.9 Å². The van der Waals surface area contributed by atoms with E-state index in [-0.39, 0.29) is 0 Å². The lowest BCUT2D eigenvalue weighted by Crippen LogP contribution is -2.39. The molecule has 0 aromatic heterocycles. The summed E-state index contributed by atoms with van der Waals surface area (Å²) < 4.78 is 10.9. The van der Waals surface area contributed by atoms with E-state index in [4.69, 9.17) is 14.5 Å². The van der Waals surface area contributed by atoms with E-state index in [0.29, 0.717) is 25.8 Å². The molecule has 1 aliphatic carbocycles. The van der Waals surface area contributed by atoms with E-state index in [1.165, 1.54) is 24.8 Å². The summed E-state index contributed by atoms with van der Waals surface area (Å²) in [6, 6.07) is 6.85. The predicted octanol–water partition coefficient (Wildman–Crippen LogP) is 3.26. The van der Waals surface area contributed by atoms with Crippen LogP contribution in [0.2, 0.25) is 0 Å². The van der Waals surface area contributed by atoms with Crippen molar-refractivity contribution in [3.63, 3.8) is 0 Å². The van der Waals surface area contributed by atoms with E-state index in [2.05, 4.69) is 49.6 Å². The van der Waals surface area contributed by atoms with Gasteiger partial charge in [0.15, 0.2) is 5.96 Å². The SMILES string of the molecule is CCCC1CC1NC(=NCc1ccc(C)cc1OCCOC)NCC. The molecule has 1 aromatic carbocycles. The second-order valence-electron chi connectivity index (χ2n) is 6.68. The fourth-order valence-corrected chi connectivity index (χ4v) is 2.94. The van der Waals surface area contributed by atoms with Crippen molar-refractivity contribution in [1.82, 2.24) is 10.6 Å². The second kappa shape index (κ2) is 10.3. The van der Waals surface area contributed by atoms with Gasteiger partial charge in [-0.3, -0.25) is 0 Å². The van der Waals surface area contributed by atoms with Gasteiger partial charge in [-0.05, 0) is 44.2 Å². The zero-order valence-electron chi connectivity index (χ0n) is 16.1. The Hall–Kier alpha value is -1.75. The molecule has 0 heterocycles. The third kappa shape index (κ3) is 6.58. The van der Waals surface area contributed by atoms with Crippen LogP contribution in [0.15, 0.2) is 23.2 Å². The topological polar surface area (TPSA) is 54.9 Å². The monoisotopic (exact) mass is 347 g/mol. The molecule has 1 aromatic rings. The third-order valence-corrected chi connectivity index (χ3v) is 4.42. The highest BCUT2D eigenvalue weighted by Crippen LogP contribution is 2.34. The number of aliphatic imine (C=N–C) groups is 1. The quantitative estimate of drug-likeness (QED) is 0.387. The zero-order chi connectivity index (χ0) is 18.1. The number of aryl methyl sites for hydroxylation is 1. The highest BCUT2D eigenvalue weighted by molar-refractivity contribution is 5.80. The first kappa shape index (κ1) is 19.6. The third-order valence-electron chi connectivity index (χ3n) is 4.42. The summed E-state index contributed by atoms with van der Waals surface area (Å²) in [4.78, 5) is 4.76. The molecule has 0 radical (unpaired) electrons. The molecule has 140 valence electrons. The summed E-state index contributed by atoms with van der Waals surface area (Å²) in [5, 5.41) is 6.91. The number of benzene rings is 1. The second-order valence-corrected chi connectivity index (χ2v) is 6.68. The van der Waals surface area contributed by atoms with Crippen LogP contribution in [0.3, 0.4) is 0 Å². The first-order valence-corrected chi connectivity index (χ1v) is 9.44. The van der Waals surface area contributed by atoms with Gasteiger partial charge < -0.3 is 20.1 Å². The van der Waals surface area contributed by atoms with E-state index in [0.717, 1.165) is 29.7 Å². The molecule has 0 aliphatic heterocycles. The van der Waals surface area contributed by atoms with E-state index in [1.54, 1.807) is 7.11 Å². The predicted molar refractivity (Wildman–Crippen MR) is 103 cm³/mol. The summed E-state index contributed by atoms with van der Waals surface area (Å²) in [5.74, 6) is 2.60. The number of hydrogen-bond donors (Lipinski definition) is 2. The zero-order valence-corrected chi connectivity index (χ0v) is 16.1.